The second-order valence-electron chi connectivity index (χ2n) is 2.41. The summed E-state index contributed by atoms with van der Waals surface area (Å²) in [6.07, 6.45) is 2.04. The molecule has 13 heavy (non-hydrogen) atoms. The molecule has 0 nitrogen and oxygen atoms in total. The molecule has 0 spiro atoms. The Morgan fingerprint density at radius 3 is 2.23 bits per heavy atom. The molecule has 0 radical (unpaired) electrons. The van der Waals surface area contributed by atoms with Crippen molar-refractivity contribution < 1.29 is 0 Å². The van der Waals surface area contributed by atoms with Gasteiger partial charge < -0.3 is 0 Å². The molecule has 1 aromatic rings. The first-order valence-electron chi connectivity index (χ1n) is 4.87. The molecule has 70 valence electrons. The van der Waals surface area contributed by atoms with Crippen LogP contribution in [-0.2, 0) is 6.42 Å². The van der Waals surface area contributed by atoms with E-state index in [1.54, 1.807) is 0 Å². The summed E-state index contributed by atoms with van der Waals surface area (Å²) < 4.78 is 0. The third-order valence-electron chi connectivity index (χ3n) is 1.56. The van der Waals surface area contributed by atoms with Crippen molar-refractivity contribution in [3.63, 3.8) is 0 Å². The molecule has 0 amide bonds. The highest BCUT2D eigenvalue weighted by Gasteiger charge is 1.86. The van der Waals surface area contributed by atoms with E-state index in [2.05, 4.69) is 36.1 Å². The van der Waals surface area contributed by atoms with Crippen molar-refractivity contribution in [1.29, 1.82) is 0 Å². The van der Waals surface area contributed by atoms with Gasteiger partial charge in [-0.05, 0) is 18.9 Å². The Morgan fingerprint density at radius 2 is 1.69 bits per heavy atom. The van der Waals surface area contributed by atoms with E-state index in [4.69, 9.17) is 0 Å². The lowest BCUT2D eigenvalue weighted by molar-refractivity contribution is 1.03. The van der Waals surface area contributed by atoms with Crippen molar-refractivity contribution in [1.82, 2.24) is 0 Å². The Balaban J connectivity index is 0.000000671. The second kappa shape index (κ2) is 8.87. The first-order chi connectivity index (χ1) is 6.43. The molecular weight excluding hydrogens is 156 g/mol. The highest BCUT2D eigenvalue weighted by molar-refractivity contribution is 5.16. The molecule has 0 N–H and O–H groups in total. The molecule has 0 fully saturated rings. The fourth-order valence-electron chi connectivity index (χ4n) is 0.977. The predicted molar refractivity (Wildman–Crippen MR) is 59.6 cm³/mol. The monoisotopic (exact) mass is 174 g/mol. The zero-order chi connectivity index (χ0) is 9.94. The summed E-state index contributed by atoms with van der Waals surface area (Å²) in [6.45, 7) is 5.88. The zero-order valence-electron chi connectivity index (χ0n) is 8.80. The quantitative estimate of drug-likeness (QED) is 0.600. The van der Waals surface area contributed by atoms with Crippen LogP contribution >= 0.6 is 0 Å². The van der Waals surface area contributed by atoms with E-state index in [1.165, 1.54) is 5.56 Å². The number of rotatable bonds is 2. The molecule has 0 heteroatoms. The van der Waals surface area contributed by atoms with Gasteiger partial charge in [-0.1, -0.05) is 44.2 Å². The average molecular weight is 174 g/mol. The van der Waals surface area contributed by atoms with Gasteiger partial charge in [-0.25, -0.2) is 0 Å². The van der Waals surface area contributed by atoms with Crippen molar-refractivity contribution in [3.05, 3.63) is 35.9 Å². The van der Waals surface area contributed by atoms with E-state index in [0.29, 0.717) is 0 Å². The lowest BCUT2D eigenvalue weighted by Gasteiger charge is -1.93. The SMILES string of the molecule is CC.CC#CCCc1ccccc1. The smallest absolute Gasteiger partial charge is 0.0129 e. The molecular formula is C13H18. The summed E-state index contributed by atoms with van der Waals surface area (Å²) in [5.74, 6) is 5.93. The maximum Gasteiger partial charge on any atom is 0.0129 e. The van der Waals surface area contributed by atoms with Crippen LogP contribution in [0.4, 0.5) is 0 Å². The summed E-state index contributed by atoms with van der Waals surface area (Å²) in [5, 5.41) is 0. The average Bonchev–Trinajstić information content (AvgIpc) is 2.23. The van der Waals surface area contributed by atoms with Crippen molar-refractivity contribution in [2.24, 2.45) is 0 Å². The van der Waals surface area contributed by atoms with Crippen LogP contribution in [0.15, 0.2) is 30.3 Å². The number of hydrogen-bond donors (Lipinski definition) is 0. The largest absolute Gasteiger partial charge is 0.107 e. The van der Waals surface area contributed by atoms with E-state index in [0.717, 1.165) is 12.8 Å². The molecule has 0 aliphatic rings. The Hall–Kier alpha value is -1.22. The molecule has 0 unspecified atom stereocenters. The highest BCUT2D eigenvalue weighted by Crippen LogP contribution is 2.00. The Labute approximate surface area is 82.0 Å². The fraction of sp³-hybridized carbons (Fsp3) is 0.385. The van der Waals surface area contributed by atoms with Crippen LogP contribution < -0.4 is 0 Å². The Bertz CT molecular complexity index is 248. The van der Waals surface area contributed by atoms with Crippen LogP contribution in [0.1, 0.15) is 32.8 Å². The predicted octanol–water partition coefficient (Wildman–Crippen LogP) is 3.67. The van der Waals surface area contributed by atoms with Gasteiger partial charge in [0.2, 0.25) is 0 Å². The van der Waals surface area contributed by atoms with Gasteiger partial charge in [-0.15, -0.1) is 11.8 Å². The van der Waals surface area contributed by atoms with Gasteiger partial charge in [0.1, 0.15) is 0 Å². The van der Waals surface area contributed by atoms with Gasteiger partial charge in [-0.3, -0.25) is 0 Å². The molecule has 0 bridgehead atoms. The van der Waals surface area contributed by atoms with Gasteiger partial charge in [0, 0.05) is 6.42 Å². The summed E-state index contributed by atoms with van der Waals surface area (Å²) >= 11 is 0. The van der Waals surface area contributed by atoms with Gasteiger partial charge in [-0.2, -0.15) is 0 Å². The molecule has 1 rings (SSSR count). The summed E-state index contributed by atoms with van der Waals surface area (Å²) in [6, 6.07) is 10.4. The van der Waals surface area contributed by atoms with Gasteiger partial charge in [0.05, 0.1) is 0 Å². The van der Waals surface area contributed by atoms with Crippen molar-refractivity contribution in [2.45, 2.75) is 33.6 Å². The molecule has 0 aliphatic heterocycles. The van der Waals surface area contributed by atoms with Gasteiger partial charge in [0.25, 0.3) is 0 Å². The van der Waals surface area contributed by atoms with E-state index < -0.39 is 0 Å². The van der Waals surface area contributed by atoms with Gasteiger partial charge in [0.15, 0.2) is 0 Å². The van der Waals surface area contributed by atoms with Crippen molar-refractivity contribution in [3.8, 4) is 11.8 Å². The third kappa shape index (κ3) is 5.99. The van der Waals surface area contributed by atoms with Crippen LogP contribution in [0.2, 0.25) is 0 Å². The number of aryl methyl sites for hydroxylation is 1. The topological polar surface area (TPSA) is 0 Å². The van der Waals surface area contributed by atoms with Crippen LogP contribution in [0.5, 0.6) is 0 Å². The molecule has 0 atom stereocenters. The maximum absolute atomic E-state index is 3.05. The summed E-state index contributed by atoms with van der Waals surface area (Å²) in [5.41, 5.74) is 1.37. The minimum Gasteiger partial charge on any atom is -0.107 e. The lowest BCUT2D eigenvalue weighted by atomic mass is 10.1. The van der Waals surface area contributed by atoms with Crippen molar-refractivity contribution in [2.75, 3.05) is 0 Å². The first-order valence-corrected chi connectivity index (χ1v) is 4.87. The number of hydrogen-bond acceptors (Lipinski definition) is 0. The molecule has 0 saturated carbocycles. The number of benzene rings is 1. The minimum absolute atomic E-state index is 0.973. The zero-order valence-corrected chi connectivity index (χ0v) is 8.80. The molecule has 0 aromatic heterocycles. The van der Waals surface area contributed by atoms with Crippen LogP contribution in [0.25, 0.3) is 0 Å². The van der Waals surface area contributed by atoms with E-state index >= 15 is 0 Å². The standard InChI is InChI=1S/C11H12.C2H6/c1-2-3-5-8-11-9-6-4-7-10-11;1-2/h4,6-7,9-10H,5,8H2,1H3;1-2H3. The maximum atomic E-state index is 3.05. The molecule has 0 saturated heterocycles. The van der Waals surface area contributed by atoms with Gasteiger partial charge >= 0.3 is 0 Å². The van der Waals surface area contributed by atoms with Crippen LogP contribution in [0, 0.1) is 11.8 Å². The fourth-order valence-corrected chi connectivity index (χ4v) is 0.977. The minimum atomic E-state index is 0.973. The normalized spacial score (nSPS) is 7.62. The molecule has 1 aromatic carbocycles. The first kappa shape index (κ1) is 11.8. The van der Waals surface area contributed by atoms with E-state index in [9.17, 15) is 0 Å². The van der Waals surface area contributed by atoms with Crippen LogP contribution in [0.3, 0.4) is 0 Å². The van der Waals surface area contributed by atoms with Crippen LogP contribution in [-0.4, -0.2) is 0 Å². The third-order valence-corrected chi connectivity index (χ3v) is 1.56. The van der Waals surface area contributed by atoms with E-state index in [1.807, 2.05) is 26.8 Å². The lowest BCUT2D eigenvalue weighted by Crippen LogP contribution is -1.80. The van der Waals surface area contributed by atoms with E-state index in [-0.39, 0.29) is 0 Å². The summed E-state index contributed by atoms with van der Waals surface area (Å²) in [4.78, 5) is 0. The molecule has 0 heterocycles. The highest BCUT2D eigenvalue weighted by atomic mass is 13.9. The Morgan fingerprint density at radius 1 is 1.08 bits per heavy atom. The second-order valence-corrected chi connectivity index (χ2v) is 2.41. The Kier molecular flexibility index (Phi) is 8.04. The van der Waals surface area contributed by atoms with Crippen molar-refractivity contribution >= 4 is 0 Å². The molecule has 0 aliphatic carbocycles. The summed E-state index contributed by atoms with van der Waals surface area (Å²) in [7, 11) is 0.